The van der Waals surface area contributed by atoms with Gasteiger partial charge in [0.25, 0.3) is 11.5 Å². The summed E-state index contributed by atoms with van der Waals surface area (Å²) in [5.41, 5.74) is -0.00971. The quantitative estimate of drug-likeness (QED) is 0.776. The van der Waals surface area contributed by atoms with Crippen molar-refractivity contribution in [2.45, 2.75) is 43.9 Å². The lowest BCUT2D eigenvalue weighted by molar-refractivity contribution is -0.00955. The molecule has 5 fully saturated rings. The molecule has 6 rings (SSSR count). The molecule has 6 nitrogen and oxygen atoms in total. The van der Waals surface area contributed by atoms with E-state index < -0.39 is 0 Å². The maximum absolute atomic E-state index is 12.7. The molecular weight excluding hydrogens is 387 g/mol. The topological polar surface area (TPSA) is 78.1 Å². The van der Waals surface area contributed by atoms with Gasteiger partial charge in [0.1, 0.15) is 11.4 Å². The number of hydrogen-bond acceptors (Lipinski definition) is 4. The first-order valence-electron chi connectivity index (χ1n) is 9.73. The van der Waals surface area contributed by atoms with Crippen LogP contribution < -0.4 is 10.9 Å². The Kier molecular flexibility index (Phi) is 5.90. The predicted molar refractivity (Wildman–Crippen MR) is 108 cm³/mol. The fourth-order valence-electron chi connectivity index (χ4n) is 6.26. The molecule has 8 heteroatoms. The molecule has 150 valence electrons. The van der Waals surface area contributed by atoms with Crippen molar-refractivity contribution in [1.29, 1.82) is 0 Å². The average Bonchev–Trinajstić information content (AvgIpc) is 2.61. The molecule has 5 aliphatic rings. The highest BCUT2D eigenvalue weighted by Gasteiger charge is 2.53. The number of rotatable bonds is 2. The second-order valence-corrected chi connectivity index (χ2v) is 8.71. The van der Waals surface area contributed by atoms with Crippen LogP contribution in [0.1, 0.15) is 54.7 Å². The Morgan fingerprint density at radius 3 is 2.11 bits per heavy atom. The van der Waals surface area contributed by atoms with Crippen molar-refractivity contribution in [3.8, 4) is 0 Å². The maximum atomic E-state index is 12.7. The SMILES string of the molecule is Cl.Cl.O=C(c1cnc(C23CC4CC(CC(C4)C2)C3)[nH]c1=O)N1CCNCC1. The smallest absolute Gasteiger partial charge is 0.263 e. The number of carbonyl (C=O) groups excluding carboxylic acids is 1. The fraction of sp³-hybridized carbons (Fsp3) is 0.737. The summed E-state index contributed by atoms with van der Waals surface area (Å²) in [7, 11) is 0. The molecule has 0 unspecified atom stereocenters. The Bertz CT molecular complexity index is 725. The molecule has 1 amide bonds. The monoisotopic (exact) mass is 414 g/mol. The third kappa shape index (κ3) is 3.52. The van der Waals surface area contributed by atoms with Crippen LogP contribution in [0.3, 0.4) is 0 Å². The second kappa shape index (κ2) is 7.72. The molecule has 4 bridgehead atoms. The lowest BCUT2D eigenvalue weighted by Crippen LogP contribution is -2.50. The zero-order valence-corrected chi connectivity index (χ0v) is 17.0. The van der Waals surface area contributed by atoms with Crippen molar-refractivity contribution >= 4 is 30.7 Å². The normalized spacial score (nSPS) is 33.9. The van der Waals surface area contributed by atoms with Crippen LogP contribution in [0.15, 0.2) is 11.0 Å². The first kappa shape index (κ1) is 20.6. The van der Waals surface area contributed by atoms with E-state index in [-0.39, 0.29) is 47.3 Å². The van der Waals surface area contributed by atoms with Crippen molar-refractivity contribution < 1.29 is 4.79 Å². The minimum Gasteiger partial charge on any atom is -0.336 e. The van der Waals surface area contributed by atoms with Gasteiger partial charge in [-0.3, -0.25) is 9.59 Å². The van der Waals surface area contributed by atoms with Crippen molar-refractivity contribution in [3.05, 3.63) is 27.9 Å². The van der Waals surface area contributed by atoms with Crippen LogP contribution in [0, 0.1) is 17.8 Å². The number of nitrogens with zero attached hydrogens (tertiary/aromatic N) is 2. The van der Waals surface area contributed by atoms with Crippen LogP contribution in [0.5, 0.6) is 0 Å². The van der Waals surface area contributed by atoms with E-state index in [2.05, 4.69) is 15.3 Å². The minimum absolute atomic E-state index is 0. The molecule has 27 heavy (non-hydrogen) atoms. The number of amides is 1. The Labute approximate surface area is 171 Å². The molecule has 1 aromatic heterocycles. The number of aromatic amines is 1. The van der Waals surface area contributed by atoms with Gasteiger partial charge < -0.3 is 15.2 Å². The van der Waals surface area contributed by atoms with E-state index in [1.54, 1.807) is 4.90 Å². The number of H-pyrrole nitrogens is 1. The number of carbonyl (C=O) groups is 1. The molecule has 1 aromatic rings. The van der Waals surface area contributed by atoms with Gasteiger partial charge in [0.05, 0.1) is 0 Å². The summed E-state index contributed by atoms with van der Waals surface area (Å²) >= 11 is 0. The van der Waals surface area contributed by atoms with E-state index in [1.165, 1.54) is 25.5 Å². The van der Waals surface area contributed by atoms with Gasteiger partial charge in [-0.15, -0.1) is 24.8 Å². The lowest BCUT2D eigenvalue weighted by atomic mass is 9.49. The van der Waals surface area contributed by atoms with Crippen LogP contribution in [-0.4, -0.2) is 47.0 Å². The summed E-state index contributed by atoms with van der Waals surface area (Å²) in [5.74, 6) is 3.07. The standard InChI is InChI=1S/C19H26N4O2.2ClH/c24-16-15(17(25)23-3-1-20-2-4-23)11-21-18(22-16)19-8-12-5-13(9-19)7-14(6-12)10-19;;/h11-14,20H,1-10H2,(H,21,22,24);2*1H. The summed E-state index contributed by atoms with van der Waals surface area (Å²) in [6.45, 7) is 2.86. The number of aromatic nitrogens is 2. The summed E-state index contributed by atoms with van der Waals surface area (Å²) in [5, 5.41) is 3.22. The molecule has 2 heterocycles. The van der Waals surface area contributed by atoms with Crippen LogP contribution >= 0.6 is 24.8 Å². The van der Waals surface area contributed by atoms with Gasteiger partial charge in [-0.05, 0) is 56.3 Å². The molecule has 0 atom stereocenters. The Morgan fingerprint density at radius 1 is 1.04 bits per heavy atom. The molecule has 1 saturated heterocycles. The van der Waals surface area contributed by atoms with E-state index in [0.717, 1.165) is 55.9 Å². The van der Waals surface area contributed by atoms with Gasteiger partial charge in [0.2, 0.25) is 0 Å². The maximum Gasteiger partial charge on any atom is 0.263 e. The molecular formula is C19H28Cl2N4O2. The molecule has 1 aliphatic heterocycles. The highest BCUT2D eigenvalue weighted by atomic mass is 35.5. The molecule has 2 N–H and O–H groups in total. The molecule has 0 radical (unpaired) electrons. The number of hydrogen-bond donors (Lipinski definition) is 2. The highest BCUT2D eigenvalue weighted by molar-refractivity contribution is 5.93. The number of halogens is 2. The van der Waals surface area contributed by atoms with E-state index in [9.17, 15) is 9.59 Å². The van der Waals surface area contributed by atoms with Crippen LogP contribution in [-0.2, 0) is 5.41 Å². The fourth-order valence-corrected chi connectivity index (χ4v) is 6.26. The van der Waals surface area contributed by atoms with Gasteiger partial charge in [0, 0.05) is 37.8 Å². The van der Waals surface area contributed by atoms with E-state index in [1.807, 2.05) is 0 Å². The number of piperazine rings is 1. The largest absolute Gasteiger partial charge is 0.336 e. The Hall–Kier alpha value is -1.11. The van der Waals surface area contributed by atoms with Gasteiger partial charge >= 0.3 is 0 Å². The first-order valence-corrected chi connectivity index (χ1v) is 9.73. The van der Waals surface area contributed by atoms with Crippen molar-refractivity contribution in [2.75, 3.05) is 26.2 Å². The van der Waals surface area contributed by atoms with Gasteiger partial charge in [-0.1, -0.05) is 0 Å². The van der Waals surface area contributed by atoms with Gasteiger partial charge in [-0.25, -0.2) is 4.98 Å². The molecule has 4 saturated carbocycles. The van der Waals surface area contributed by atoms with Gasteiger partial charge in [-0.2, -0.15) is 0 Å². The van der Waals surface area contributed by atoms with E-state index in [0.29, 0.717) is 13.1 Å². The predicted octanol–water partition coefficient (Wildman–Crippen LogP) is 2.13. The molecule has 0 aromatic carbocycles. The third-order valence-corrected chi connectivity index (χ3v) is 6.97. The van der Waals surface area contributed by atoms with Crippen molar-refractivity contribution in [1.82, 2.24) is 20.2 Å². The third-order valence-electron chi connectivity index (χ3n) is 6.97. The first-order chi connectivity index (χ1) is 12.1. The van der Waals surface area contributed by atoms with E-state index in [4.69, 9.17) is 0 Å². The van der Waals surface area contributed by atoms with Crippen LogP contribution in [0.2, 0.25) is 0 Å². The summed E-state index contributed by atoms with van der Waals surface area (Å²) in [6, 6.07) is 0. The van der Waals surface area contributed by atoms with Crippen molar-refractivity contribution in [2.24, 2.45) is 17.8 Å². The van der Waals surface area contributed by atoms with Crippen LogP contribution in [0.25, 0.3) is 0 Å². The highest BCUT2D eigenvalue weighted by Crippen LogP contribution is 2.59. The van der Waals surface area contributed by atoms with Crippen LogP contribution in [0.4, 0.5) is 0 Å². The van der Waals surface area contributed by atoms with Gasteiger partial charge in [0.15, 0.2) is 0 Å². The minimum atomic E-state index is -0.260. The Balaban J connectivity index is 0.00000105. The average molecular weight is 415 g/mol. The molecule has 4 aliphatic carbocycles. The molecule has 0 spiro atoms. The van der Waals surface area contributed by atoms with E-state index >= 15 is 0 Å². The number of nitrogens with one attached hydrogen (secondary N) is 2. The Morgan fingerprint density at radius 2 is 1.59 bits per heavy atom. The lowest BCUT2D eigenvalue weighted by Gasteiger charge is -2.56. The summed E-state index contributed by atoms with van der Waals surface area (Å²) < 4.78 is 0. The summed E-state index contributed by atoms with van der Waals surface area (Å²) in [4.78, 5) is 34.7. The zero-order valence-electron chi connectivity index (χ0n) is 15.4. The second-order valence-electron chi connectivity index (χ2n) is 8.71. The zero-order chi connectivity index (χ0) is 17.0. The van der Waals surface area contributed by atoms with Crippen molar-refractivity contribution in [3.63, 3.8) is 0 Å². The summed E-state index contributed by atoms with van der Waals surface area (Å²) in [6.07, 6.45) is 9.11.